The van der Waals surface area contributed by atoms with E-state index in [1.807, 2.05) is 24.7 Å². The number of nitrogen functional groups attached to an aromatic ring is 1. The summed E-state index contributed by atoms with van der Waals surface area (Å²) in [5.74, 6) is 1.71. The lowest BCUT2D eigenvalue weighted by Gasteiger charge is -2.18. The molecular formula is C17H21N5. The maximum atomic E-state index is 9.54. The number of hydrogen-bond acceptors (Lipinski definition) is 4. The minimum atomic E-state index is 0.337. The second-order valence-corrected chi connectivity index (χ2v) is 6.10. The van der Waals surface area contributed by atoms with Crippen LogP contribution in [0.5, 0.6) is 0 Å². The largest absolute Gasteiger partial charge is 0.383 e. The van der Waals surface area contributed by atoms with Crippen LogP contribution in [0.4, 0.5) is 5.82 Å². The van der Waals surface area contributed by atoms with Crippen molar-refractivity contribution in [2.24, 2.45) is 7.05 Å². The minimum absolute atomic E-state index is 0.337. The van der Waals surface area contributed by atoms with Gasteiger partial charge < -0.3 is 10.3 Å². The van der Waals surface area contributed by atoms with Gasteiger partial charge in [-0.2, -0.15) is 5.26 Å². The number of aryl methyl sites for hydroxylation is 1. The maximum absolute atomic E-state index is 9.54. The Labute approximate surface area is 130 Å². The van der Waals surface area contributed by atoms with Crippen LogP contribution >= 0.6 is 0 Å². The first-order chi connectivity index (χ1) is 10.5. The Balaban J connectivity index is 2.27. The molecule has 3 rings (SSSR count). The topological polar surface area (TPSA) is 80.5 Å². The van der Waals surface area contributed by atoms with Crippen LogP contribution in [-0.2, 0) is 7.05 Å². The van der Waals surface area contributed by atoms with Crippen LogP contribution in [0.3, 0.4) is 0 Å². The lowest BCUT2D eigenvalue weighted by atomic mass is 9.92. The van der Waals surface area contributed by atoms with Gasteiger partial charge in [0.15, 0.2) is 0 Å². The minimum Gasteiger partial charge on any atom is -0.383 e. The van der Waals surface area contributed by atoms with E-state index in [2.05, 4.69) is 23.0 Å². The molecule has 22 heavy (non-hydrogen) atoms. The van der Waals surface area contributed by atoms with Gasteiger partial charge in [0.25, 0.3) is 0 Å². The molecular weight excluding hydrogens is 274 g/mol. The number of nitrogens with zero attached hydrogens (tertiary/aromatic N) is 4. The van der Waals surface area contributed by atoms with Crippen molar-refractivity contribution in [3.05, 3.63) is 28.8 Å². The second-order valence-electron chi connectivity index (χ2n) is 6.10. The Morgan fingerprint density at radius 2 is 2.00 bits per heavy atom. The number of anilines is 1. The fourth-order valence-electron chi connectivity index (χ4n) is 3.48. The Morgan fingerprint density at radius 1 is 1.32 bits per heavy atom. The molecule has 1 aliphatic carbocycles. The molecule has 0 atom stereocenters. The first-order valence-corrected chi connectivity index (χ1v) is 7.73. The predicted octanol–water partition coefficient (Wildman–Crippen LogP) is 3.21. The summed E-state index contributed by atoms with van der Waals surface area (Å²) in [7, 11) is 1.96. The monoisotopic (exact) mass is 295 g/mol. The number of rotatable bonds is 2. The zero-order valence-corrected chi connectivity index (χ0v) is 13.3. The molecule has 5 heteroatoms. The van der Waals surface area contributed by atoms with Crippen molar-refractivity contribution in [2.75, 3.05) is 5.73 Å². The first kappa shape index (κ1) is 14.6. The van der Waals surface area contributed by atoms with Gasteiger partial charge in [0.05, 0.1) is 11.9 Å². The number of nitriles is 1. The molecule has 2 aromatic heterocycles. The maximum Gasteiger partial charge on any atom is 0.142 e. The molecule has 0 bridgehead atoms. The quantitative estimate of drug-likeness (QED) is 0.922. The van der Waals surface area contributed by atoms with Crippen LogP contribution in [0.25, 0.3) is 11.3 Å². The van der Waals surface area contributed by atoms with E-state index in [0.717, 1.165) is 41.2 Å². The molecule has 0 aromatic carbocycles. The van der Waals surface area contributed by atoms with Gasteiger partial charge in [-0.1, -0.05) is 12.8 Å². The molecule has 0 amide bonds. The summed E-state index contributed by atoms with van der Waals surface area (Å²) in [6.45, 7) is 4.01. The van der Waals surface area contributed by atoms with Crippen molar-refractivity contribution in [1.82, 2.24) is 14.5 Å². The van der Waals surface area contributed by atoms with Crippen molar-refractivity contribution in [3.8, 4) is 17.3 Å². The van der Waals surface area contributed by atoms with E-state index in [1.165, 1.54) is 12.8 Å². The van der Waals surface area contributed by atoms with Gasteiger partial charge in [-0.3, -0.25) is 0 Å². The summed E-state index contributed by atoms with van der Waals surface area (Å²) in [4.78, 5) is 8.93. The average Bonchev–Trinajstić information content (AvgIpc) is 3.13. The molecule has 5 nitrogen and oxygen atoms in total. The van der Waals surface area contributed by atoms with Gasteiger partial charge in [0.2, 0.25) is 0 Å². The van der Waals surface area contributed by atoms with Crippen molar-refractivity contribution in [2.45, 2.75) is 45.4 Å². The third-order valence-electron chi connectivity index (χ3n) is 4.84. The van der Waals surface area contributed by atoms with E-state index >= 15 is 0 Å². The Kier molecular flexibility index (Phi) is 3.61. The molecule has 2 aromatic rings. The number of pyridine rings is 1. The fraction of sp³-hybridized carbons (Fsp3) is 0.471. The van der Waals surface area contributed by atoms with Crippen molar-refractivity contribution >= 4 is 5.82 Å². The van der Waals surface area contributed by atoms with Gasteiger partial charge in [0.1, 0.15) is 23.3 Å². The van der Waals surface area contributed by atoms with Crippen LogP contribution in [0.2, 0.25) is 0 Å². The van der Waals surface area contributed by atoms with Crippen LogP contribution in [0.15, 0.2) is 6.20 Å². The van der Waals surface area contributed by atoms with E-state index in [1.54, 1.807) is 0 Å². The van der Waals surface area contributed by atoms with Gasteiger partial charge in [-0.05, 0) is 32.3 Å². The molecule has 0 spiro atoms. The summed E-state index contributed by atoms with van der Waals surface area (Å²) in [5.41, 5.74) is 10.5. The number of hydrogen-bond donors (Lipinski definition) is 1. The van der Waals surface area contributed by atoms with Crippen LogP contribution < -0.4 is 5.73 Å². The summed E-state index contributed by atoms with van der Waals surface area (Å²) >= 11 is 0. The molecule has 0 radical (unpaired) electrons. The number of imidazole rings is 1. The highest BCUT2D eigenvalue weighted by Crippen LogP contribution is 2.40. The second kappa shape index (κ2) is 5.45. The standard InChI is InChI=1S/C17H21N5/c1-10-15(14-9-20-11(2)22(14)3)13(8-18)17(19)21-16(10)12-6-4-5-7-12/h9,12H,4-7H2,1-3H3,(H2,19,21). The third kappa shape index (κ3) is 2.16. The Bertz CT molecular complexity index is 760. The Hall–Kier alpha value is -2.35. The molecule has 2 N–H and O–H groups in total. The van der Waals surface area contributed by atoms with Crippen LogP contribution in [-0.4, -0.2) is 14.5 Å². The molecule has 1 aliphatic rings. The molecule has 2 heterocycles. The highest BCUT2D eigenvalue weighted by Gasteiger charge is 2.26. The van der Waals surface area contributed by atoms with Gasteiger partial charge in [-0.15, -0.1) is 0 Å². The molecule has 0 unspecified atom stereocenters. The highest BCUT2D eigenvalue weighted by atomic mass is 15.1. The van der Waals surface area contributed by atoms with Gasteiger partial charge in [0, 0.05) is 24.2 Å². The highest BCUT2D eigenvalue weighted by molar-refractivity contribution is 5.77. The van der Waals surface area contributed by atoms with E-state index in [0.29, 0.717) is 17.3 Å². The molecule has 114 valence electrons. The summed E-state index contributed by atoms with van der Waals surface area (Å²) in [5, 5.41) is 9.54. The van der Waals surface area contributed by atoms with Gasteiger partial charge >= 0.3 is 0 Å². The predicted molar refractivity (Wildman–Crippen MR) is 86.2 cm³/mol. The van der Waals surface area contributed by atoms with E-state index in [4.69, 9.17) is 5.73 Å². The first-order valence-electron chi connectivity index (χ1n) is 7.73. The summed E-state index contributed by atoms with van der Waals surface area (Å²) in [6.07, 6.45) is 6.61. The lowest BCUT2D eigenvalue weighted by Crippen LogP contribution is -2.09. The third-order valence-corrected chi connectivity index (χ3v) is 4.84. The van der Waals surface area contributed by atoms with Crippen molar-refractivity contribution in [1.29, 1.82) is 5.26 Å². The van der Waals surface area contributed by atoms with Crippen molar-refractivity contribution in [3.63, 3.8) is 0 Å². The summed E-state index contributed by atoms with van der Waals surface area (Å²) < 4.78 is 2.00. The Morgan fingerprint density at radius 3 is 2.55 bits per heavy atom. The lowest BCUT2D eigenvalue weighted by molar-refractivity contribution is 0.692. The zero-order valence-electron chi connectivity index (χ0n) is 13.3. The molecule has 0 aliphatic heterocycles. The number of aromatic nitrogens is 3. The van der Waals surface area contributed by atoms with E-state index in [-0.39, 0.29) is 0 Å². The van der Waals surface area contributed by atoms with Crippen LogP contribution in [0.1, 0.15) is 54.2 Å². The SMILES string of the molecule is Cc1c(C2CCCC2)nc(N)c(C#N)c1-c1cnc(C)n1C. The number of nitrogens with two attached hydrogens (primary N) is 1. The molecule has 1 saturated carbocycles. The summed E-state index contributed by atoms with van der Waals surface area (Å²) in [6, 6.07) is 2.23. The molecule has 0 saturated heterocycles. The fourth-order valence-corrected chi connectivity index (χ4v) is 3.48. The van der Waals surface area contributed by atoms with E-state index < -0.39 is 0 Å². The van der Waals surface area contributed by atoms with Crippen molar-refractivity contribution < 1.29 is 0 Å². The smallest absolute Gasteiger partial charge is 0.142 e. The zero-order chi connectivity index (χ0) is 15.9. The van der Waals surface area contributed by atoms with Gasteiger partial charge in [-0.25, -0.2) is 9.97 Å². The van der Waals surface area contributed by atoms with E-state index in [9.17, 15) is 5.26 Å². The normalized spacial score (nSPS) is 15.2. The molecule has 1 fully saturated rings. The average molecular weight is 295 g/mol. The van der Waals surface area contributed by atoms with Crippen LogP contribution in [0, 0.1) is 25.2 Å².